The first-order valence-electron chi connectivity index (χ1n) is 4.38. The Hall–Kier alpha value is -1.79. The molecule has 2 aromatic rings. The van der Waals surface area contributed by atoms with Crippen LogP contribution in [0.2, 0.25) is 0 Å². The number of aromatic amines is 1. The lowest BCUT2D eigenvalue weighted by Crippen LogP contribution is -2.30. The maximum atomic E-state index is 13.5. The second-order valence-electron chi connectivity index (χ2n) is 2.99. The Balaban J connectivity index is 2.40. The Kier molecular flexibility index (Phi) is 2.70. The molecule has 1 unspecified atom stereocenters. The minimum absolute atomic E-state index is 0.336. The molecule has 1 atom stereocenters. The largest absolute Gasteiger partial charge is 0.270 e. The van der Waals surface area contributed by atoms with Gasteiger partial charge < -0.3 is 0 Å². The molecule has 78 valence electrons. The predicted molar refractivity (Wildman–Crippen MR) is 51.9 cm³/mol. The first kappa shape index (κ1) is 9.75. The van der Waals surface area contributed by atoms with Gasteiger partial charge in [0.15, 0.2) is 0 Å². The summed E-state index contributed by atoms with van der Waals surface area (Å²) < 4.78 is 13.5. The van der Waals surface area contributed by atoms with Gasteiger partial charge in [0.2, 0.25) is 0 Å². The van der Waals surface area contributed by atoms with Crippen molar-refractivity contribution in [2.24, 2.45) is 5.84 Å². The summed E-state index contributed by atoms with van der Waals surface area (Å²) in [6.45, 7) is 0. The van der Waals surface area contributed by atoms with Gasteiger partial charge in [0.1, 0.15) is 24.0 Å². The second kappa shape index (κ2) is 4.16. The van der Waals surface area contributed by atoms with Crippen LogP contribution in [0.3, 0.4) is 0 Å². The predicted octanol–water partition coefficient (Wildman–Crippen LogP) is 0.496. The smallest absolute Gasteiger partial charge is 0.147 e. The van der Waals surface area contributed by atoms with Gasteiger partial charge in [-0.15, -0.1) is 0 Å². The van der Waals surface area contributed by atoms with Crippen LogP contribution in [-0.2, 0) is 0 Å². The number of nitrogens with two attached hydrogens (primary N) is 1. The lowest BCUT2D eigenvalue weighted by Gasteiger charge is -2.13. The molecule has 0 spiro atoms. The fraction of sp³-hybridized carbons (Fsp3) is 0.111. The third-order valence-electron chi connectivity index (χ3n) is 2.09. The van der Waals surface area contributed by atoms with Crippen LogP contribution in [0.1, 0.15) is 17.4 Å². The maximum absolute atomic E-state index is 13.5. The molecule has 15 heavy (non-hydrogen) atoms. The van der Waals surface area contributed by atoms with Crippen LogP contribution >= 0.6 is 0 Å². The van der Waals surface area contributed by atoms with Gasteiger partial charge in [0, 0.05) is 5.56 Å². The molecule has 0 aliphatic heterocycles. The Morgan fingerprint density at radius 1 is 1.40 bits per heavy atom. The number of hydrogen-bond acceptors (Lipinski definition) is 4. The molecule has 1 aromatic heterocycles. The Morgan fingerprint density at radius 2 is 2.20 bits per heavy atom. The Labute approximate surface area is 85.5 Å². The Morgan fingerprint density at radius 3 is 2.80 bits per heavy atom. The highest BCUT2D eigenvalue weighted by Gasteiger charge is 2.18. The van der Waals surface area contributed by atoms with Crippen LogP contribution in [0.25, 0.3) is 0 Å². The second-order valence-corrected chi connectivity index (χ2v) is 2.99. The maximum Gasteiger partial charge on any atom is 0.147 e. The van der Waals surface area contributed by atoms with Crippen LogP contribution < -0.4 is 11.3 Å². The van der Waals surface area contributed by atoms with Crippen molar-refractivity contribution in [3.8, 4) is 0 Å². The summed E-state index contributed by atoms with van der Waals surface area (Å²) in [5.74, 6) is 5.50. The minimum Gasteiger partial charge on any atom is -0.270 e. The molecule has 0 bridgehead atoms. The van der Waals surface area contributed by atoms with Gasteiger partial charge in [0.05, 0.1) is 0 Å². The molecule has 4 N–H and O–H groups in total. The van der Waals surface area contributed by atoms with Crippen LogP contribution in [0, 0.1) is 5.82 Å². The molecule has 0 aliphatic rings. The highest BCUT2D eigenvalue weighted by molar-refractivity contribution is 5.25. The molecule has 1 heterocycles. The molecule has 5 nitrogen and oxygen atoms in total. The van der Waals surface area contributed by atoms with E-state index in [4.69, 9.17) is 5.84 Å². The number of rotatable bonds is 3. The van der Waals surface area contributed by atoms with Gasteiger partial charge in [-0.05, 0) is 6.07 Å². The van der Waals surface area contributed by atoms with E-state index in [-0.39, 0.29) is 5.82 Å². The summed E-state index contributed by atoms with van der Waals surface area (Å²) in [6.07, 6.45) is 1.35. The van der Waals surface area contributed by atoms with Crippen LogP contribution in [0.5, 0.6) is 0 Å². The normalized spacial score (nSPS) is 12.7. The topological polar surface area (TPSA) is 79.6 Å². The third kappa shape index (κ3) is 1.85. The summed E-state index contributed by atoms with van der Waals surface area (Å²) in [4.78, 5) is 3.93. The van der Waals surface area contributed by atoms with Gasteiger partial charge in [-0.2, -0.15) is 5.10 Å². The quantitative estimate of drug-likeness (QED) is 0.505. The van der Waals surface area contributed by atoms with Crippen molar-refractivity contribution in [1.29, 1.82) is 0 Å². The summed E-state index contributed by atoms with van der Waals surface area (Å²) in [5.41, 5.74) is 2.92. The van der Waals surface area contributed by atoms with E-state index in [1.807, 2.05) is 0 Å². The van der Waals surface area contributed by atoms with E-state index in [9.17, 15) is 4.39 Å². The number of nitrogens with zero attached hydrogens (tertiary/aromatic N) is 2. The van der Waals surface area contributed by atoms with Crippen LogP contribution in [0.4, 0.5) is 4.39 Å². The van der Waals surface area contributed by atoms with E-state index < -0.39 is 6.04 Å². The zero-order valence-corrected chi connectivity index (χ0v) is 7.81. The number of nitrogens with one attached hydrogen (secondary N) is 2. The average molecular weight is 207 g/mol. The molecular formula is C9H10FN5. The van der Waals surface area contributed by atoms with Crippen LogP contribution in [-0.4, -0.2) is 15.2 Å². The molecule has 2 rings (SSSR count). The number of aromatic nitrogens is 3. The van der Waals surface area contributed by atoms with E-state index in [1.54, 1.807) is 18.2 Å². The van der Waals surface area contributed by atoms with Crippen molar-refractivity contribution < 1.29 is 4.39 Å². The number of hydrazine groups is 1. The van der Waals surface area contributed by atoms with E-state index in [1.165, 1.54) is 12.4 Å². The highest BCUT2D eigenvalue weighted by Crippen LogP contribution is 2.19. The van der Waals surface area contributed by atoms with E-state index in [0.29, 0.717) is 11.4 Å². The van der Waals surface area contributed by atoms with Crippen molar-refractivity contribution in [1.82, 2.24) is 20.6 Å². The minimum atomic E-state index is -0.520. The fourth-order valence-corrected chi connectivity index (χ4v) is 1.38. The van der Waals surface area contributed by atoms with Crippen LogP contribution in [0.15, 0.2) is 30.6 Å². The van der Waals surface area contributed by atoms with Gasteiger partial charge in [-0.25, -0.2) is 14.8 Å². The van der Waals surface area contributed by atoms with Gasteiger partial charge >= 0.3 is 0 Å². The van der Waals surface area contributed by atoms with Crippen molar-refractivity contribution in [2.75, 3.05) is 0 Å². The standard InChI is InChI=1S/C9H10FN5/c10-7-4-2-1-3-6(7)8(14-11)9-12-5-13-15-9/h1-5,8,14H,11H2,(H,12,13,15). The SMILES string of the molecule is NNC(c1ncn[nH]1)c1ccccc1F. The number of H-pyrrole nitrogens is 1. The highest BCUT2D eigenvalue weighted by atomic mass is 19.1. The van der Waals surface area contributed by atoms with Gasteiger partial charge in [0.25, 0.3) is 0 Å². The van der Waals surface area contributed by atoms with Crippen molar-refractivity contribution in [3.63, 3.8) is 0 Å². The first-order valence-corrected chi connectivity index (χ1v) is 4.38. The number of benzene rings is 1. The molecule has 1 aromatic carbocycles. The molecule has 6 heteroatoms. The molecule has 0 saturated heterocycles. The van der Waals surface area contributed by atoms with Gasteiger partial charge in [-0.1, -0.05) is 18.2 Å². The third-order valence-corrected chi connectivity index (χ3v) is 2.09. The van der Waals surface area contributed by atoms with Gasteiger partial charge in [-0.3, -0.25) is 10.9 Å². The van der Waals surface area contributed by atoms with Crippen molar-refractivity contribution in [3.05, 3.63) is 47.8 Å². The lowest BCUT2D eigenvalue weighted by atomic mass is 10.1. The van der Waals surface area contributed by atoms with E-state index in [2.05, 4.69) is 20.6 Å². The molecule has 0 aliphatic carbocycles. The molecule has 0 radical (unpaired) electrons. The van der Waals surface area contributed by atoms with E-state index in [0.717, 1.165) is 0 Å². The summed E-state index contributed by atoms with van der Waals surface area (Å²) in [7, 11) is 0. The van der Waals surface area contributed by atoms with E-state index >= 15 is 0 Å². The number of halogens is 1. The fourth-order valence-electron chi connectivity index (χ4n) is 1.38. The first-order chi connectivity index (χ1) is 7.33. The summed E-state index contributed by atoms with van der Waals surface area (Å²) in [6, 6.07) is 5.85. The zero-order chi connectivity index (χ0) is 10.7. The molecule has 0 amide bonds. The lowest BCUT2D eigenvalue weighted by molar-refractivity contribution is 0.545. The average Bonchev–Trinajstić information content (AvgIpc) is 2.75. The molecule has 0 saturated carbocycles. The van der Waals surface area contributed by atoms with Crippen molar-refractivity contribution >= 4 is 0 Å². The molecular weight excluding hydrogens is 197 g/mol. The summed E-state index contributed by atoms with van der Waals surface area (Å²) in [5, 5.41) is 6.34. The number of hydrogen-bond donors (Lipinski definition) is 3. The zero-order valence-electron chi connectivity index (χ0n) is 7.81. The monoisotopic (exact) mass is 207 g/mol. The van der Waals surface area contributed by atoms with Crippen molar-refractivity contribution in [2.45, 2.75) is 6.04 Å². The summed E-state index contributed by atoms with van der Waals surface area (Å²) >= 11 is 0. The Bertz CT molecular complexity index is 428. The molecule has 0 fully saturated rings.